The highest BCUT2D eigenvalue weighted by Crippen LogP contribution is 2.31. The van der Waals surface area contributed by atoms with Crippen LogP contribution in [0.2, 0.25) is 0 Å². The molecule has 0 saturated carbocycles. The van der Waals surface area contributed by atoms with Crippen LogP contribution in [0.25, 0.3) is 0 Å². The molecule has 0 aliphatic carbocycles. The smallest absolute Gasteiger partial charge is 0.407 e. The van der Waals surface area contributed by atoms with Gasteiger partial charge in [0.15, 0.2) is 11.5 Å². The van der Waals surface area contributed by atoms with E-state index in [4.69, 9.17) is 14.2 Å². The van der Waals surface area contributed by atoms with Gasteiger partial charge in [-0.15, -0.1) is 0 Å². The van der Waals surface area contributed by atoms with Crippen molar-refractivity contribution >= 4 is 6.09 Å². The molecule has 1 atom stereocenters. The lowest BCUT2D eigenvalue weighted by atomic mass is 9.97. The molecular formula is C22H29NO5. The molecule has 0 spiro atoms. The molecule has 1 amide bonds. The molecule has 152 valence electrons. The highest BCUT2D eigenvalue weighted by Gasteiger charge is 2.17. The van der Waals surface area contributed by atoms with Gasteiger partial charge in [-0.25, -0.2) is 4.79 Å². The largest absolute Gasteiger partial charge is 0.493 e. The zero-order valence-corrected chi connectivity index (χ0v) is 17.1. The molecule has 0 aliphatic rings. The number of carbonyl (C=O) groups is 1. The van der Waals surface area contributed by atoms with Crippen molar-refractivity contribution < 1.29 is 24.1 Å². The summed E-state index contributed by atoms with van der Waals surface area (Å²) in [5.41, 5.74) is 2.05. The van der Waals surface area contributed by atoms with Crippen molar-refractivity contribution in [1.82, 2.24) is 5.32 Å². The van der Waals surface area contributed by atoms with Crippen molar-refractivity contribution in [3.05, 3.63) is 59.2 Å². The standard InChI is InChI=1S/C22H29NO5/c1-22(2,3)28-21(25)23-14-17-9-7-6-8-15(17)12-18(24)16-10-11-19(26-4)20(13-16)27-5/h6-11,13,18,24H,12,14H2,1-5H3,(H,23,25). The van der Waals surface area contributed by atoms with Crippen molar-refractivity contribution in [2.24, 2.45) is 0 Å². The molecule has 0 aromatic heterocycles. The number of amides is 1. The Morgan fingerprint density at radius 2 is 1.68 bits per heavy atom. The Morgan fingerprint density at radius 3 is 2.29 bits per heavy atom. The van der Waals surface area contributed by atoms with E-state index in [-0.39, 0.29) is 0 Å². The van der Waals surface area contributed by atoms with E-state index in [2.05, 4.69) is 5.32 Å². The minimum absolute atomic E-state index is 0.323. The predicted molar refractivity (Wildman–Crippen MR) is 108 cm³/mol. The number of aliphatic hydroxyl groups is 1. The van der Waals surface area contributed by atoms with E-state index >= 15 is 0 Å². The number of rotatable bonds is 7. The first kappa shape index (κ1) is 21.6. The molecule has 0 bridgehead atoms. The predicted octanol–water partition coefficient (Wildman–Crippen LogP) is 4.00. The maximum Gasteiger partial charge on any atom is 0.407 e. The lowest BCUT2D eigenvalue weighted by Gasteiger charge is -2.20. The highest BCUT2D eigenvalue weighted by molar-refractivity contribution is 5.67. The maximum absolute atomic E-state index is 11.9. The first-order chi connectivity index (χ1) is 13.2. The van der Waals surface area contributed by atoms with E-state index in [9.17, 15) is 9.90 Å². The van der Waals surface area contributed by atoms with Crippen molar-refractivity contribution in [2.45, 2.75) is 45.4 Å². The summed E-state index contributed by atoms with van der Waals surface area (Å²) in [6, 6.07) is 13.0. The average molecular weight is 387 g/mol. The van der Waals surface area contributed by atoms with Crippen molar-refractivity contribution in [2.75, 3.05) is 14.2 Å². The van der Waals surface area contributed by atoms with E-state index in [0.717, 1.165) is 16.7 Å². The number of alkyl carbamates (subject to hydrolysis) is 1. The van der Waals surface area contributed by atoms with Crippen LogP contribution in [0.15, 0.2) is 42.5 Å². The zero-order chi connectivity index (χ0) is 20.7. The molecule has 0 saturated heterocycles. The van der Waals surface area contributed by atoms with E-state index in [1.165, 1.54) is 0 Å². The van der Waals surface area contributed by atoms with Crippen LogP contribution < -0.4 is 14.8 Å². The molecular weight excluding hydrogens is 358 g/mol. The second-order valence-electron chi connectivity index (χ2n) is 7.46. The lowest BCUT2D eigenvalue weighted by Crippen LogP contribution is -2.32. The Bertz CT molecular complexity index is 798. The van der Waals surface area contributed by atoms with Gasteiger partial charge in [0.25, 0.3) is 0 Å². The summed E-state index contributed by atoms with van der Waals surface area (Å²) in [6.45, 7) is 5.78. The number of benzene rings is 2. The van der Waals surface area contributed by atoms with E-state index in [1.54, 1.807) is 26.4 Å². The zero-order valence-electron chi connectivity index (χ0n) is 17.1. The summed E-state index contributed by atoms with van der Waals surface area (Å²) < 4.78 is 15.8. The molecule has 2 N–H and O–H groups in total. The molecule has 28 heavy (non-hydrogen) atoms. The number of methoxy groups -OCH3 is 2. The van der Waals surface area contributed by atoms with Crippen LogP contribution in [0.5, 0.6) is 11.5 Å². The van der Waals surface area contributed by atoms with Crippen LogP contribution in [-0.2, 0) is 17.7 Å². The molecule has 0 fully saturated rings. The summed E-state index contributed by atoms with van der Waals surface area (Å²) in [4.78, 5) is 11.9. The fourth-order valence-corrected chi connectivity index (χ4v) is 2.80. The number of nitrogens with one attached hydrogen (secondary N) is 1. The third kappa shape index (κ3) is 6.16. The summed E-state index contributed by atoms with van der Waals surface area (Å²) in [6.07, 6.45) is -0.785. The van der Waals surface area contributed by atoms with E-state index in [0.29, 0.717) is 24.5 Å². The summed E-state index contributed by atoms with van der Waals surface area (Å²) in [5, 5.41) is 13.5. The van der Waals surface area contributed by atoms with Gasteiger partial charge in [-0.05, 0) is 49.6 Å². The topological polar surface area (TPSA) is 77.0 Å². The Morgan fingerprint density at radius 1 is 1.04 bits per heavy atom. The number of aliphatic hydroxyl groups excluding tert-OH is 1. The van der Waals surface area contributed by atoms with Gasteiger partial charge in [0.2, 0.25) is 0 Å². The fraction of sp³-hybridized carbons (Fsp3) is 0.409. The summed E-state index contributed by atoms with van der Waals surface area (Å²) in [7, 11) is 3.13. The van der Waals surface area contributed by atoms with Crippen LogP contribution in [-0.4, -0.2) is 31.0 Å². The van der Waals surface area contributed by atoms with Gasteiger partial charge >= 0.3 is 6.09 Å². The van der Waals surface area contributed by atoms with Crippen LogP contribution in [0.3, 0.4) is 0 Å². The highest BCUT2D eigenvalue weighted by atomic mass is 16.6. The molecule has 0 radical (unpaired) electrons. The normalized spacial score (nSPS) is 12.2. The summed E-state index contributed by atoms with van der Waals surface area (Å²) in [5.74, 6) is 1.18. The Balaban J connectivity index is 2.09. The molecule has 2 aromatic carbocycles. The van der Waals surface area contributed by atoms with Crippen LogP contribution in [0.1, 0.15) is 43.6 Å². The molecule has 1 unspecified atom stereocenters. The van der Waals surface area contributed by atoms with Gasteiger partial charge in [-0.2, -0.15) is 0 Å². The molecule has 2 aromatic rings. The van der Waals surface area contributed by atoms with Gasteiger partial charge in [-0.1, -0.05) is 30.3 Å². The maximum atomic E-state index is 11.9. The third-order valence-corrected chi connectivity index (χ3v) is 4.15. The lowest BCUT2D eigenvalue weighted by molar-refractivity contribution is 0.0523. The SMILES string of the molecule is COc1ccc(C(O)Cc2ccccc2CNC(=O)OC(C)(C)C)cc1OC. The molecule has 0 heterocycles. The Hall–Kier alpha value is -2.73. The van der Waals surface area contributed by atoms with Crippen LogP contribution in [0.4, 0.5) is 4.79 Å². The number of hydrogen-bond acceptors (Lipinski definition) is 5. The minimum Gasteiger partial charge on any atom is -0.493 e. The van der Waals surface area contributed by atoms with Gasteiger partial charge in [0.05, 0.1) is 20.3 Å². The van der Waals surface area contributed by atoms with Gasteiger partial charge in [-0.3, -0.25) is 0 Å². The molecule has 0 aliphatic heterocycles. The third-order valence-electron chi connectivity index (χ3n) is 4.15. The molecule has 6 nitrogen and oxygen atoms in total. The Labute approximate surface area is 166 Å². The Kier molecular flexibility index (Phi) is 7.29. The second kappa shape index (κ2) is 9.46. The number of ether oxygens (including phenoxy) is 3. The van der Waals surface area contributed by atoms with Crippen molar-refractivity contribution in [1.29, 1.82) is 0 Å². The number of carbonyl (C=O) groups excluding carboxylic acids is 1. The van der Waals surface area contributed by atoms with Crippen LogP contribution >= 0.6 is 0 Å². The van der Waals surface area contributed by atoms with Gasteiger partial charge in [0.1, 0.15) is 5.60 Å². The van der Waals surface area contributed by atoms with Gasteiger partial charge in [0, 0.05) is 13.0 Å². The quantitative estimate of drug-likeness (QED) is 0.751. The van der Waals surface area contributed by atoms with E-state index < -0.39 is 17.8 Å². The van der Waals surface area contributed by atoms with Gasteiger partial charge < -0.3 is 24.6 Å². The average Bonchev–Trinajstić information content (AvgIpc) is 2.65. The summed E-state index contributed by atoms with van der Waals surface area (Å²) >= 11 is 0. The molecule has 6 heteroatoms. The van der Waals surface area contributed by atoms with Crippen molar-refractivity contribution in [3.8, 4) is 11.5 Å². The monoisotopic (exact) mass is 387 g/mol. The second-order valence-corrected chi connectivity index (χ2v) is 7.46. The van der Waals surface area contributed by atoms with Crippen LogP contribution in [0, 0.1) is 0 Å². The van der Waals surface area contributed by atoms with E-state index in [1.807, 2.05) is 51.1 Å². The first-order valence-electron chi connectivity index (χ1n) is 9.17. The first-order valence-corrected chi connectivity index (χ1v) is 9.17. The molecule has 2 rings (SSSR count). The van der Waals surface area contributed by atoms with Crippen molar-refractivity contribution in [3.63, 3.8) is 0 Å². The number of hydrogen-bond donors (Lipinski definition) is 2. The fourth-order valence-electron chi connectivity index (χ4n) is 2.80. The minimum atomic E-state index is -0.720.